The van der Waals surface area contributed by atoms with E-state index in [4.69, 9.17) is 0 Å². The Kier molecular flexibility index (Phi) is 12.9. The van der Waals surface area contributed by atoms with E-state index in [1.807, 2.05) is 0 Å². The number of amides is 1. The maximum absolute atomic E-state index is 13.0. The SMILES string of the molecule is CCCCCN(C)CCCCCCCCCC(=O)Nc1ccc([N+](=O)[O-])c(C(F)(F)F)c1. The van der Waals surface area contributed by atoms with Gasteiger partial charge >= 0.3 is 6.18 Å². The van der Waals surface area contributed by atoms with E-state index in [2.05, 4.69) is 24.2 Å². The van der Waals surface area contributed by atoms with Crippen LogP contribution in [0.4, 0.5) is 24.5 Å². The zero-order valence-corrected chi connectivity index (χ0v) is 19.2. The van der Waals surface area contributed by atoms with Gasteiger partial charge in [-0.05, 0) is 51.5 Å². The first-order chi connectivity index (χ1) is 15.1. The number of nitro groups is 1. The van der Waals surface area contributed by atoms with E-state index < -0.39 is 28.3 Å². The van der Waals surface area contributed by atoms with Gasteiger partial charge in [0.1, 0.15) is 5.56 Å². The second-order valence-electron chi connectivity index (χ2n) is 8.27. The maximum Gasteiger partial charge on any atom is 0.423 e. The molecule has 1 rings (SSSR count). The van der Waals surface area contributed by atoms with Crippen LogP contribution in [-0.2, 0) is 11.0 Å². The standard InChI is InChI=1S/C23H36F3N3O3/c1-3-4-11-16-28(2)17-12-9-7-5-6-8-10-13-22(30)27-19-14-15-21(29(31)32)20(18-19)23(24,25)26/h14-15,18H,3-13,16-17H2,1-2H3,(H,27,30). The zero-order chi connectivity index (χ0) is 24.0. The van der Waals surface area contributed by atoms with Gasteiger partial charge in [-0.3, -0.25) is 14.9 Å². The van der Waals surface area contributed by atoms with Crippen molar-refractivity contribution in [1.82, 2.24) is 4.90 Å². The molecule has 1 aromatic rings. The van der Waals surface area contributed by atoms with Crippen LogP contribution in [0.15, 0.2) is 18.2 Å². The van der Waals surface area contributed by atoms with Gasteiger partial charge in [0, 0.05) is 18.2 Å². The van der Waals surface area contributed by atoms with E-state index >= 15 is 0 Å². The lowest BCUT2D eigenvalue weighted by atomic mass is 10.1. The molecule has 0 saturated heterocycles. The van der Waals surface area contributed by atoms with E-state index in [9.17, 15) is 28.1 Å². The van der Waals surface area contributed by atoms with Crippen molar-refractivity contribution in [2.45, 2.75) is 83.7 Å². The second-order valence-corrected chi connectivity index (χ2v) is 8.27. The Labute approximate surface area is 188 Å². The molecule has 0 unspecified atom stereocenters. The van der Waals surface area contributed by atoms with E-state index in [-0.39, 0.29) is 12.1 Å². The van der Waals surface area contributed by atoms with Crippen molar-refractivity contribution in [3.05, 3.63) is 33.9 Å². The molecule has 0 saturated carbocycles. The van der Waals surface area contributed by atoms with Crippen LogP contribution in [0.5, 0.6) is 0 Å². The summed E-state index contributed by atoms with van der Waals surface area (Å²) in [7, 11) is 2.17. The molecule has 6 nitrogen and oxygen atoms in total. The van der Waals surface area contributed by atoms with Crippen molar-refractivity contribution >= 4 is 17.3 Å². The number of alkyl halides is 3. The summed E-state index contributed by atoms with van der Waals surface area (Å²) in [6, 6.07) is 2.49. The van der Waals surface area contributed by atoms with Gasteiger partial charge in [0.15, 0.2) is 0 Å². The van der Waals surface area contributed by atoms with Crippen LogP contribution in [0, 0.1) is 10.1 Å². The van der Waals surface area contributed by atoms with Gasteiger partial charge in [0.05, 0.1) is 4.92 Å². The fourth-order valence-electron chi connectivity index (χ4n) is 3.52. The first kappa shape index (κ1) is 27.9. The number of rotatable bonds is 16. The Hall–Kier alpha value is -2.16. The Balaban J connectivity index is 2.20. The highest BCUT2D eigenvalue weighted by Gasteiger charge is 2.38. The number of nitrogens with one attached hydrogen (secondary N) is 1. The third-order valence-electron chi connectivity index (χ3n) is 5.37. The molecule has 0 radical (unpaired) electrons. The zero-order valence-electron chi connectivity index (χ0n) is 19.2. The topological polar surface area (TPSA) is 75.5 Å². The lowest BCUT2D eigenvalue weighted by Gasteiger charge is -2.15. The van der Waals surface area contributed by atoms with Gasteiger partial charge in [-0.2, -0.15) is 13.2 Å². The molecule has 0 aliphatic heterocycles. The van der Waals surface area contributed by atoms with E-state index in [0.717, 1.165) is 50.9 Å². The molecule has 0 spiro atoms. The van der Waals surface area contributed by atoms with E-state index in [1.165, 1.54) is 32.1 Å². The summed E-state index contributed by atoms with van der Waals surface area (Å²) in [5.74, 6) is -0.391. The van der Waals surface area contributed by atoms with Crippen molar-refractivity contribution in [2.75, 3.05) is 25.5 Å². The molecule has 0 atom stereocenters. The molecule has 0 aromatic heterocycles. The number of carbonyl (C=O) groups is 1. The first-order valence-electron chi connectivity index (χ1n) is 11.5. The molecule has 0 bridgehead atoms. The Morgan fingerprint density at radius 2 is 1.56 bits per heavy atom. The van der Waals surface area contributed by atoms with E-state index in [1.54, 1.807) is 0 Å². The van der Waals surface area contributed by atoms with Crippen LogP contribution in [0.25, 0.3) is 0 Å². The smallest absolute Gasteiger partial charge is 0.326 e. The maximum atomic E-state index is 13.0. The van der Waals surface area contributed by atoms with Gasteiger partial charge in [-0.1, -0.05) is 51.9 Å². The van der Waals surface area contributed by atoms with Crippen LogP contribution >= 0.6 is 0 Å². The van der Waals surface area contributed by atoms with Crippen molar-refractivity contribution < 1.29 is 22.9 Å². The third-order valence-corrected chi connectivity index (χ3v) is 5.37. The molecule has 182 valence electrons. The predicted molar refractivity (Wildman–Crippen MR) is 121 cm³/mol. The fourth-order valence-corrected chi connectivity index (χ4v) is 3.52. The summed E-state index contributed by atoms with van der Waals surface area (Å²) >= 11 is 0. The number of carbonyl (C=O) groups excluding carboxylic acids is 1. The number of anilines is 1. The number of nitro benzene ring substituents is 1. The number of hydrogen-bond acceptors (Lipinski definition) is 4. The fraction of sp³-hybridized carbons (Fsp3) is 0.696. The summed E-state index contributed by atoms with van der Waals surface area (Å²) in [6.45, 7) is 4.49. The molecule has 9 heteroatoms. The van der Waals surface area contributed by atoms with Gasteiger partial charge in [0.25, 0.3) is 5.69 Å². The molecule has 1 amide bonds. The van der Waals surface area contributed by atoms with Crippen LogP contribution in [0.2, 0.25) is 0 Å². The molecule has 32 heavy (non-hydrogen) atoms. The lowest BCUT2D eigenvalue weighted by molar-refractivity contribution is -0.388. The van der Waals surface area contributed by atoms with Gasteiger partial charge in [-0.25, -0.2) is 0 Å². The molecule has 0 aliphatic rings. The molecule has 1 N–H and O–H groups in total. The van der Waals surface area contributed by atoms with Gasteiger partial charge in [-0.15, -0.1) is 0 Å². The molecule has 0 fully saturated rings. The van der Waals surface area contributed by atoms with Crippen LogP contribution in [0.3, 0.4) is 0 Å². The highest BCUT2D eigenvalue weighted by molar-refractivity contribution is 5.91. The van der Waals surface area contributed by atoms with Crippen LogP contribution in [-0.4, -0.2) is 35.9 Å². The quantitative estimate of drug-likeness (QED) is 0.168. The van der Waals surface area contributed by atoms with Crippen molar-refractivity contribution in [2.24, 2.45) is 0 Å². The average molecular weight is 460 g/mol. The molecule has 1 aromatic carbocycles. The molecular weight excluding hydrogens is 423 g/mol. The highest BCUT2D eigenvalue weighted by Crippen LogP contribution is 2.37. The normalized spacial score (nSPS) is 11.7. The first-order valence-corrected chi connectivity index (χ1v) is 11.5. The minimum absolute atomic E-state index is 0.0902. The highest BCUT2D eigenvalue weighted by atomic mass is 19.4. The van der Waals surface area contributed by atoms with Crippen LogP contribution in [0.1, 0.15) is 83.1 Å². The number of unbranched alkanes of at least 4 members (excludes halogenated alkanes) is 8. The monoisotopic (exact) mass is 459 g/mol. The third kappa shape index (κ3) is 11.5. The summed E-state index contributed by atoms with van der Waals surface area (Å²) in [4.78, 5) is 24.1. The number of hydrogen-bond donors (Lipinski definition) is 1. The van der Waals surface area contributed by atoms with Crippen LogP contribution < -0.4 is 5.32 Å². The second kappa shape index (κ2) is 14.8. The summed E-state index contributed by atoms with van der Waals surface area (Å²) in [5.41, 5.74) is -2.49. The Morgan fingerprint density at radius 1 is 1.00 bits per heavy atom. The summed E-state index contributed by atoms with van der Waals surface area (Å²) < 4.78 is 39.0. The largest absolute Gasteiger partial charge is 0.423 e. The molecule has 0 heterocycles. The summed E-state index contributed by atoms with van der Waals surface area (Å²) in [5, 5.41) is 13.2. The minimum atomic E-state index is -4.87. The number of nitrogens with zero attached hydrogens (tertiary/aromatic N) is 2. The predicted octanol–water partition coefficient (Wildman–Crippen LogP) is 6.79. The lowest BCUT2D eigenvalue weighted by Crippen LogP contribution is -2.20. The summed E-state index contributed by atoms with van der Waals surface area (Å²) in [6.07, 6.45) is 6.36. The Morgan fingerprint density at radius 3 is 2.12 bits per heavy atom. The van der Waals surface area contributed by atoms with Gasteiger partial charge < -0.3 is 10.2 Å². The molecular formula is C23H36F3N3O3. The Bertz CT molecular complexity index is 711. The van der Waals surface area contributed by atoms with Crippen molar-refractivity contribution in [3.63, 3.8) is 0 Å². The average Bonchev–Trinajstić information content (AvgIpc) is 2.72. The number of benzene rings is 1. The minimum Gasteiger partial charge on any atom is -0.326 e. The van der Waals surface area contributed by atoms with Crippen molar-refractivity contribution in [1.29, 1.82) is 0 Å². The molecule has 0 aliphatic carbocycles. The van der Waals surface area contributed by atoms with E-state index in [0.29, 0.717) is 12.5 Å². The van der Waals surface area contributed by atoms with Gasteiger partial charge in [0.2, 0.25) is 5.91 Å². The van der Waals surface area contributed by atoms with Crippen molar-refractivity contribution in [3.8, 4) is 0 Å². The number of halogens is 3.